The van der Waals surface area contributed by atoms with E-state index < -0.39 is 0 Å². The second kappa shape index (κ2) is 7.35. The normalized spacial score (nSPS) is 16.5. The van der Waals surface area contributed by atoms with Gasteiger partial charge >= 0.3 is 0 Å². The molecule has 3 heteroatoms. The highest BCUT2D eigenvalue weighted by Crippen LogP contribution is 2.41. The molecule has 0 bridgehead atoms. The number of benzene rings is 2. The van der Waals surface area contributed by atoms with Crippen molar-refractivity contribution in [1.29, 1.82) is 0 Å². The molecule has 1 unspecified atom stereocenters. The molecule has 124 valence electrons. The molecule has 1 amide bonds. The molecule has 24 heavy (non-hydrogen) atoms. The Morgan fingerprint density at radius 2 is 1.96 bits per heavy atom. The molecule has 2 aromatic carbocycles. The molecule has 0 saturated carbocycles. The molecule has 0 radical (unpaired) electrons. The van der Waals surface area contributed by atoms with E-state index in [1.165, 1.54) is 11.1 Å². The SMILES string of the molecule is CCCCC1c2ccccc2C=C(c2cccc(Br)c2)N1C(C)=O. The second-order valence-corrected chi connectivity index (χ2v) is 7.13. The summed E-state index contributed by atoms with van der Waals surface area (Å²) < 4.78 is 1.02. The van der Waals surface area contributed by atoms with Crippen LogP contribution in [0, 0.1) is 0 Å². The third kappa shape index (κ3) is 3.32. The zero-order valence-electron chi connectivity index (χ0n) is 14.1. The van der Waals surface area contributed by atoms with E-state index in [4.69, 9.17) is 0 Å². The van der Waals surface area contributed by atoms with Crippen molar-refractivity contribution in [1.82, 2.24) is 4.90 Å². The van der Waals surface area contributed by atoms with Crippen LogP contribution < -0.4 is 0 Å². The molecule has 0 aromatic heterocycles. The number of rotatable bonds is 4. The Hall–Kier alpha value is -1.87. The van der Waals surface area contributed by atoms with Crippen LogP contribution in [0.5, 0.6) is 0 Å². The lowest BCUT2D eigenvalue weighted by atomic mass is 9.89. The summed E-state index contributed by atoms with van der Waals surface area (Å²) >= 11 is 3.54. The van der Waals surface area contributed by atoms with Crippen molar-refractivity contribution in [2.75, 3.05) is 0 Å². The van der Waals surface area contributed by atoms with Crippen molar-refractivity contribution in [3.05, 3.63) is 69.7 Å². The fourth-order valence-corrected chi connectivity index (χ4v) is 3.81. The predicted octanol–water partition coefficient (Wildman–Crippen LogP) is 6.04. The van der Waals surface area contributed by atoms with Crippen LogP contribution in [0.25, 0.3) is 11.8 Å². The number of amides is 1. The third-order valence-corrected chi connectivity index (χ3v) is 5.00. The van der Waals surface area contributed by atoms with Crippen molar-refractivity contribution in [2.45, 2.75) is 39.2 Å². The fourth-order valence-electron chi connectivity index (χ4n) is 3.41. The van der Waals surface area contributed by atoms with Crippen LogP contribution in [0.4, 0.5) is 0 Å². The van der Waals surface area contributed by atoms with Gasteiger partial charge < -0.3 is 4.90 Å². The van der Waals surface area contributed by atoms with E-state index in [-0.39, 0.29) is 11.9 Å². The van der Waals surface area contributed by atoms with Crippen LogP contribution in [0.2, 0.25) is 0 Å². The molecule has 1 aliphatic rings. The average molecular weight is 384 g/mol. The minimum absolute atomic E-state index is 0.0943. The molecule has 2 aromatic rings. The Labute approximate surface area is 152 Å². The number of carbonyl (C=O) groups is 1. The number of halogens is 1. The maximum Gasteiger partial charge on any atom is 0.224 e. The van der Waals surface area contributed by atoms with Gasteiger partial charge in [-0.25, -0.2) is 0 Å². The van der Waals surface area contributed by atoms with Gasteiger partial charge in [-0.05, 0) is 41.3 Å². The third-order valence-electron chi connectivity index (χ3n) is 4.51. The van der Waals surface area contributed by atoms with Gasteiger partial charge in [0, 0.05) is 11.4 Å². The lowest BCUT2D eigenvalue weighted by molar-refractivity contribution is -0.127. The van der Waals surface area contributed by atoms with Gasteiger partial charge in [-0.2, -0.15) is 0 Å². The molecule has 0 aliphatic carbocycles. The Bertz CT molecular complexity index is 781. The summed E-state index contributed by atoms with van der Waals surface area (Å²) in [5, 5.41) is 0. The Kier molecular flexibility index (Phi) is 5.20. The predicted molar refractivity (Wildman–Crippen MR) is 103 cm³/mol. The first-order valence-electron chi connectivity index (χ1n) is 8.48. The molecule has 1 aliphatic heterocycles. The summed E-state index contributed by atoms with van der Waals surface area (Å²) in [4.78, 5) is 14.5. The van der Waals surface area contributed by atoms with Crippen LogP contribution in [0.15, 0.2) is 53.0 Å². The molecule has 2 nitrogen and oxygen atoms in total. The molecule has 1 heterocycles. The fraction of sp³-hybridized carbons (Fsp3) is 0.286. The second-order valence-electron chi connectivity index (χ2n) is 6.22. The number of unbranched alkanes of at least 4 members (excludes halogenated alkanes) is 1. The van der Waals surface area contributed by atoms with Crippen LogP contribution in [0.3, 0.4) is 0 Å². The Balaban J connectivity index is 2.15. The van der Waals surface area contributed by atoms with E-state index in [9.17, 15) is 4.79 Å². The van der Waals surface area contributed by atoms with Gasteiger partial charge in [-0.1, -0.05) is 72.1 Å². The minimum Gasteiger partial charge on any atom is -0.305 e. The van der Waals surface area contributed by atoms with Gasteiger partial charge in [0.25, 0.3) is 0 Å². The molecule has 1 atom stereocenters. The minimum atomic E-state index is 0.0943. The van der Waals surface area contributed by atoms with Gasteiger partial charge in [-0.3, -0.25) is 4.79 Å². The highest BCUT2D eigenvalue weighted by molar-refractivity contribution is 9.10. The smallest absolute Gasteiger partial charge is 0.224 e. The summed E-state index contributed by atoms with van der Waals surface area (Å²) in [6.45, 7) is 3.86. The molecule has 0 saturated heterocycles. The zero-order chi connectivity index (χ0) is 17.1. The number of fused-ring (bicyclic) bond motifs is 1. The lowest BCUT2D eigenvalue weighted by Crippen LogP contribution is -2.34. The van der Waals surface area contributed by atoms with E-state index >= 15 is 0 Å². The van der Waals surface area contributed by atoms with Crippen LogP contribution in [-0.4, -0.2) is 10.8 Å². The summed E-state index contributed by atoms with van der Waals surface area (Å²) in [6, 6.07) is 16.7. The highest BCUT2D eigenvalue weighted by atomic mass is 79.9. The van der Waals surface area contributed by atoms with E-state index in [1.54, 1.807) is 6.92 Å². The van der Waals surface area contributed by atoms with E-state index in [2.05, 4.69) is 65.3 Å². The van der Waals surface area contributed by atoms with Crippen molar-refractivity contribution in [2.24, 2.45) is 0 Å². The zero-order valence-corrected chi connectivity index (χ0v) is 15.7. The van der Waals surface area contributed by atoms with Gasteiger partial charge in [0.15, 0.2) is 0 Å². The van der Waals surface area contributed by atoms with Gasteiger partial charge in [0.05, 0.1) is 11.7 Å². The van der Waals surface area contributed by atoms with E-state index in [0.717, 1.165) is 35.0 Å². The van der Waals surface area contributed by atoms with Crippen molar-refractivity contribution in [3.63, 3.8) is 0 Å². The van der Waals surface area contributed by atoms with Crippen molar-refractivity contribution >= 4 is 33.6 Å². The summed E-state index contributed by atoms with van der Waals surface area (Å²) in [7, 11) is 0. The Morgan fingerprint density at radius 1 is 1.17 bits per heavy atom. The topological polar surface area (TPSA) is 20.3 Å². The molecule has 3 rings (SSSR count). The number of hydrogen-bond acceptors (Lipinski definition) is 1. The molecular formula is C21H22BrNO. The number of carbonyl (C=O) groups excluding carboxylic acids is 1. The van der Waals surface area contributed by atoms with E-state index in [0.29, 0.717) is 0 Å². The van der Waals surface area contributed by atoms with Crippen LogP contribution in [-0.2, 0) is 4.79 Å². The first-order chi connectivity index (χ1) is 11.6. The lowest BCUT2D eigenvalue weighted by Gasteiger charge is -2.38. The van der Waals surface area contributed by atoms with Crippen molar-refractivity contribution < 1.29 is 4.79 Å². The molecule has 0 fully saturated rings. The largest absolute Gasteiger partial charge is 0.305 e. The highest BCUT2D eigenvalue weighted by Gasteiger charge is 2.31. The first-order valence-corrected chi connectivity index (χ1v) is 9.27. The van der Waals surface area contributed by atoms with Gasteiger partial charge in [0.2, 0.25) is 5.91 Å². The maximum atomic E-state index is 12.5. The van der Waals surface area contributed by atoms with Crippen molar-refractivity contribution in [3.8, 4) is 0 Å². The standard InChI is InChI=1S/C21H22BrNO/c1-3-4-12-20-19-11-6-5-8-16(19)14-21(23(20)15(2)24)17-9-7-10-18(22)13-17/h5-11,13-14,20H,3-4,12H2,1-2H3. The monoisotopic (exact) mass is 383 g/mol. The average Bonchev–Trinajstić information content (AvgIpc) is 2.58. The molecule has 0 spiro atoms. The summed E-state index contributed by atoms with van der Waals surface area (Å²) in [5.74, 6) is 0.0943. The first kappa shape index (κ1) is 17.0. The summed E-state index contributed by atoms with van der Waals surface area (Å²) in [5.41, 5.74) is 4.52. The molecule has 0 N–H and O–H groups in total. The van der Waals surface area contributed by atoms with Crippen LogP contribution in [0.1, 0.15) is 55.8 Å². The Morgan fingerprint density at radius 3 is 2.67 bits per heavy atom. The quantitative estimate of drug-likeness (QED) is 0.629. The van der Waals surface area contributed by atoms with Gasteiger partial charge in [-0.15, -0.1) is 0 Å². The molecular weight excluding hydrogens is 362 g/mol. The van der Waals surface area contributed by atoms with E-state index in [1.807, 2.05) is 17.0 Å². The summed E-state index contributed by atoms with van der Waals surface area (Å²) in [6.07, 6.45) is 5.36. The number of nitrogens with zero attached hydrogens (tertiary/aromatic N) is 1. The maximum absolute atomic E-state index is 12.5. The van der Waals surface area contributed by atoms with Gasteiger partial charge in [0.1, 0.15) is 0 Å². The van der Waals surface area contributed by atoms with Crippen LogP contribution >= 0.6 is 15.9 Å². The number of hydrogen-bond donors (Lipinski definition) is 0.